The summed E-state index contributed by atoms with van der Waals surface area (Å²) in [5, 5.41) is 0.980. The molecule has 0 saturated heterocycles. The van der Waals surface area contributed by atoms with Crippen molar-refractivity contribution in [3.63, 3.8) is 0 Å². The van der Waals surface area contributed by atoms with Crippen LogP contribution in [0.4, 0.5) is 0 Å². The summed E-state index contributed by atoms with van der Waals surface area (Å²) < 4.78 is 9.83. The van der Waals surface area contributed by atoms with Crippen molar-refractivity contribution in [3.05, 3.63) is 11.6 Å². The summed E-state index contributed by atoms with van der Waals surface area (Å²) in [4.78, 5) is 0. The highest BCUT2D eigenvalue weighted by Gasteiger charge is 1.94. The molecule has 0 amide bonds. The molecule has 0 heterocycles. The zero-order valence-electron chi connectivity index (χ0n) is 6.59. The van der Waals surface area contributed by atoms with E-state index in [9.17, 15) is 0 Å². The van der Waals surface area contributed by atoms with Crippen molar-refractivity contribution in [2.24, 2.45) is 5.73 Å². The molecular formula is C6H15NO2Si. The zero-order valence-corrected chi connectivity index (χ0v) is 8.01. The SMILES string of the molecule is COC=C(OC)[SiH2]CCN. The summed E-state index contributed by atoms with van der Waals surface area (Å²) in [7, 11) is 2.99. The van der Waals surface area contributed by atoms with E-state index in [4.69, 9.17) is 15.2 Å². The van der Waals surface area contributed by atoms with Gasteiger partial charge in [-0.05, 0) is 12.6 Å². The van der Waals surface area contributed by atoms with Gasteiger partial charge in [0.15, 0.2) is 0 Å². The number of rotatable bonds is 5. The molecule has 0 aromatic heterocycles. The number of hydrogen-bond donors (Lipinski definition) is 1. The van der Waals surface area contributed by atoms with E-state index in [-0.39, 0.29) is 9.52 Å². The van der Waals surface area contributed by atoms with E-state index >= 15 is 0 Å². The molecule has 0 aliphatic carbocycles. The lowest BCUT2D eigenvalue weighted by atomic mass is 10.8. The molecule has 0 aliphatic rings. The van der Waals surface area contributed by atoms with Crippen LogP contribution < -0.4 is 5.73 Å². The predicted molar refractivity (Wildman–Crippen MR) is 44.5 cm³/mol. The van der Waals surface area contributed by atoms with Gasteiger partial charge in [0.1, 0.15) is 21.2 Å². The maximum atomic E-state index is 5.34. The van der Waals surface area contributed by atoms with Crippen LogP contribution in [0.3, 0.4) is 0 Å². The lowest BCUT2D eigenvalue weighted by molar-refractivity contribution is 0.271. The maximum Gasteiger partial charge on any atom is 0.114 e. The van der Waals surface area contributed by atoms with E-state index in [0.717, 1.165) is 18.0 Å². The molecule has 60 valence electrons. The Kier molecular flexibility index (Phi) is 6.31. The molecule has 0 saturated carbocycles. The smallest absolute Gasteiger partial charge is 0.114 e. The molecule has 2 N–H and O–H groups in total. The molecule has 3 nitrogen and oxygen atoms in total. The molecule has 4 heteroatoms. The Morgan fingerprint density at radius 3 is 2.70 bits per heavy atom. The highest BCUT2D eigenvalue weighted by Crippen LogP contribution is 1.94. The molecule has 0 radical (unpaired) electrons. The van der Waals surface area contributed by atoms with Gasteiger partial charge in [-0.1, -0.05) is 0 Å². The molecule has 0 spiro atoms. The van der Waals surface area contributed by atoms with Gasteiger partial charge in [0, 0.05) is 0 Å². The van der Waals surface area contributed by atoms with Gasteiger partial charge in [-0.2, -0.15) is 0 Å². The largest absolute Gasteiger partial charge is 0.504 e. The molecule has 10 heavy (non-hydrogen) atoms. The highest BCUT2D eigenvalue weighted by molar-refractivity contribution is 6.44. The number of nitrogens with two attached hydrogens (primary N) is 1. The van der Waals surface area contributed by atoms with E-state index in [0.29, 0.717) is 0 Å². The fourth-order valence-electron chi connectivity index (χ4n) is 0.617. The van der Waals surface area contributed by atoms with Crippen LogP contribution in [0, 0.1) is 0 Å². The molecule has 0 atom stereocenters. The molecule has 0 rings (SSSR count). The lowest BCUT2D eigenvalue weighted by Gasteiger charge is -2.02. The second-order valence-electron chi connectivity index (χ2n) is 1.92. The average molecular weight is 161 g/mol. The summed E-state index contributed by atoms with van der Waals surface area (Å²) in [5.41, 5.74) is 5.34. The minimum atomic E-state index is -0.297. The van der Waals surface area contributed by atoms with Crippen LogP contribution in [0.1, 0.15) is 0 Å². The van der Waals surface area contributed by atoms with Crippen LogP contribution in [0.15, 0.2) is 11.6 Å². The third-order valence-electron chi connectivity index (χ3n) is 1.14. The second-order valence-corrected chi connectivity index (χ2v) is 3.82. The third-order valence-corrected chi connectivity index (χ3v) is 2.85. The minimum Gasteiger partial charge on any atom is -0.504 e. The van der Waals surface area contributed by atoms with E-state index in [1.165, 1.54) is 0 Å². The molecule has 0 aromatic carbocycles. The molecule has 0 aliphatic heterocycles. The number of hydrogen-bond acceptors (Lipinski definition) is 3. The van der Waals surface area contributed by atoms with Crippen LogP contribution in [0.5, 0.6) is 0 Å². The van der Waals surface area contributed by atoms with Crippen LogP contribution in [0.25, 0.3) is 0 Å². The first-order valence-corrected chi connectivity index (χ1v) is 5.01. The Morgan fingerprint density at radius 2 is 2.30 bits per heavy atom. The van der Waals surface area contributed by atoms with Gasteiger partial charge in [0.05, 0.1) is 14.2 Å². The fourth-order valence-corrected chi connectivity index (χ4v) is 1.66. The first-order chi connectivity index (χ1) is 4.85. The summed E-state index contributed by atoms with van der Waals surface area (Å²) >= 11 is 0. The quantitative estimate of drug-likeness (QED) is 0.442. The van der Waals surface area contributed by atoms with Gasteiger partial charge in [0.2, 0.25) is 0 Å². The van der Waals surface area contributed by atoms with Gasteiger partial charge in [-0.25, -0.2) is 0 Å². The molecule has 0 aromatic rings. The Bertz CT molecular complexity index is 106. The van der Waals surface area contributed by atoms with Crippen molar-refractivity contribution >= 4 is 9.52 Å². The Labute approximate surface area is 64.0 Å². The second kappa shape index (κ2) is 6.63. The summed E-state index contributed by atoms with van der Waals surface area (Å²) in [6.45, 7) is 0.747. The average Bonchev–Trinajstić information content (AvgIpc) is 1.98. The molecule has 0 fully saturated rings. The summed E-state index contributed by atoms with van der Waals surface area (Å²) in [6.07, 6.45) is 1.65. The fraction of sp³-hybridized carbons (Fsp3) is 0.667. The van der Waals surface area contributed by atoms with E-state index in [1.807, 2.05) is 0 Å². The molecular weight excluding hydrogens is 146 g/mol. The van der Waals surface area contributed by atoms with Crippen molar-refractivity contribution in [2.45, 2.75) is 6.04 Å². The van der Waals surface area contributed by atoms with E-state index in [2.05, 4.69) is 0 Å². The van der Waals surface area contributed by atoms with Crippen molar-refractivity contribution in [1.82, 2.24) is 0 Å². The topological polar surface area (TPSA) is 44.5 Å². The standard InChI is InChI=1S/C6H15NO2Si/c1-8-5-6(9-2)10-4-3-7/h5H,3-4,7,10H2,1-2H3. The minimum absolute atomic E-state index is 0.297. The van der Waals surface area contributed by atoms with Gasteiger partial charge >= 0.3 is 0 Å². The number of ether oxygens (including phenoxy) is 2. The lowest BCUT2D eigenvalue weighted by Crippen LogP contribution is -2.06. The normalized spacial score (nSPS) is 12.5. The predicted octanol–water partition coefficient (Wildman–Crippen LogP) is -0.376. The van der Waals surface area contributed by atoms with Crippen LogP contribution in [-0.2, 0) is 9.47 Å². The molecule has 0 unspecified atom stereocenters. The Morgan fingerprint density at radius 1 is 1.60 bits per heavy atom. The first-order valence-electron chi connectivity index (χ1n) is 3.31. The maximum absolute atomic E-state index is 5.34. The van der Waals surface area contributed by atoms with Crippen LogP contribution >= 0.6 is 0 Å². The Hall–Kier alpha value is -0.483. The monoisotopic (exact) mass is 161 g/mol. The van der Waals surface area contributed by atoms with Gasteiger partial charge in [0.25, 0.3) is 0 Å². The van der Waals surface area contributed by atoms with E-state index < -0.39 is 0 Å². The van der Waals surface area contributed by atoms with Crippen molar-refractivity contribution < 1.29 is 9.47 Å². The van der Waals surface area contributed by atoms with Gasteiger partial charge in [-0.15, -0.1) is 0 Å². The zero-order chi connectivity index (χ0) is 7.82. The van der Waals surface area contributed by atoms with E-state index in [1.54, 1.807) is 20.5 Å². The van der Waals surface area contributed by atoms with Gasteiger partial charge < -0.3 is 15.2 Å². The van der Waals surface area contributed by atoms with Crippen molar-refractivity contribution in [1.29, 1.82) is 0 Å². The van der Waals surface area contributed by atoms with Crippen LogP contribution in [-0.4, -0.2) is 30.3 Å². The number of methoxy groups -OCH3 is 2. The highest BCUT2D eigenvalue weighted by atomic mass is 28.2. The molecule has 0 bridgehead atoms. The summed E-state index contributed by atoms with van der Waals surface area (Å²) in [6, 6.07) is 1.07. The van der Waals surface area contributed by atoms with Crippen LogP contribution in [0.2, 0.25) is 6.04 Å². The first kappa shape index (κ1) is 9.52. The third kappa shape index (κ3) is 4.40. The van der Waals surface area contributed by atoms with Crippen molar-refractivity contribution in [2.75, 3.05) is 20.8 Å². The Balaban J connectivity index is 3.49. The van der Waals surface area contributed by atoms with Crippen molar-refractivity contribution in [3.8, 4) is 0 Å². The summed E-state index contributed by atoms with van der Waals surface area (Å²) in [5.74, 6) is 0. The van der Waals surface area contributed by atoms with Gasteiger partial charge in [-0.3, -0.25) is 0 Å².